The number of fused-ring (bicyclic) bond motifs is 3. The van der Waals surface area contributed by atoms with E-state index in [4.69, 9.17) is 0 Å². The molecule has 0 radical (unpaired) electrons. The highest BCUT2D eigenvalue weighted by Gasteiger charge is 2.23. The summed E-state index contributed by atoms with van der Waals surface area (Å²) in [5.41, 5.74) is 2.33. The third-order valence-electron chi connectivity index (χ3n) is 5.71. The van der Waals surface area contributed by atoms with Gasteiger partial charge in [0, 0.05) is 10.9 Å². The fourth-order valence-electron chi connectivity index (χ4n) is 4.05. The first kappa shape index (κ1) is 19.8. The Balaban J connectivity index is 1.43. The average Bonchev–Trinajstić information content (AvgIpc) is 3.07. The maximum Gasteiger partial charge on any atom is 0.262 e. The molecule has 0 saturated carbocycles. The topological polar surface area (TPSA) is 64.0 Å². The largest absolute Gasteiger partial charge is 0.352 e. The molecule has 1 aromatic carbocycles. The Morgan fingerprint density at radius 2 is 2.14 bits per heavy atom. The van der Waals surface area contributed by atoms with Crippen LogP contribution in [0, 0.1) is 5.92 Å². The predicted octanol–water partition coefficient (Wildman–Crippen LogP) is 3.72. The molecule has 5 nitrogen and oxygen atoms in total. The first-order chi connectivity index (χ1) is 14.0. The highest BCUT2D eigenvalue weighted by Crippen LogP contribution is 2.35. The number of thiophene rings is 1. The van der Waals surface area contributed by atoms with Crippen LogP contribution in [-0.4, -0.2) is 21.5 Å². The fraction of sp³-hybridized carbons (Fsp3) is 0.435. The second kappa shape index (κ2) is 8.49. The van der Waals surface area contributed by atoms with Crippen molar-refractivity contribution >= 4 is 27.5 Å². The quantitative estimate of drug-likeness (QED) is 0.675. The van der Waals surface area contributed by atoms with E-state index in [9.17, 15) is 9.59 Å². The lowest BCUT2D eigenvalue weighted by Gasteiger charge is -2.17. The van der Waals surface area contributed by atoms with Crippen LogP contribution in [-0.2, 0) is 30.6 Å². The highest BCUT2D eigenvalue weighted by atomic mass is 32.1. The van der Waals surface area contributed by atoms with Crippen molar-refractivity contribution in [2.75, 3.05) is 0 Å². The number of amides is 1. The Morgan fingerprint density at radius 3 is 2.93 bits per heavy atom. The fourth-order valence-corrected chi connectivity index (χ4v) is 5.39. The number of nitrogens with one attached hydrogen (secondary N) is 1. The predicted molar refractivity (Wildman–Crippen MR) is 117 cm³/mol. The molecule has 0 bridgehead atoms. The molecule has 0 unspecified atom stereocenters. The zero-order chi connectivity index (χ0) is 20.4. The van der Waals surface area contributed by atoms with Gasteiger partial charge in [-0.3, -0.25) is 14.2 Å². The molecule has 1 aliphatic carbocycles. The minimum absolute atomic E-state index is 0.0124. The molecule has 0 saturated heterocycles. The number of aromatic nitrogens is 2. The first-order valence-corrected chi connectivity index (χ1v) is 11.2. The lowest BCUT2D eigenvalue weighted by atomic mass is 9.89. The van der Waals surface area contributed by atoms with Gasteiger partial charge in [0.1, 0.15) is 11.4 Å². The molecule has 3 aromatic rings. The number of carbonyl (C=O) groups is 1. The van der Waals surface area contributed by atoms with E-state index in [1.807, 2.05) is 25.1 Å². The Bertz CT molecular complexity index is 1070. The second-order valence-corrected chi connectivity index (χ2v) is 9.29. The van der Waals surface area contributed by atoms with Gasteiger partial charge in [0.15, 0.2) is 0 Å². The van der Waals surface area contributed by atoms with Crippen molar-refractivity contribution in [2.24, 2.45) is 5.92 Å². The van der Waals surface area contributed by atoms with Crippen LogP contribution in [0.5, 0.6) is 0 Å². The SMILES string of the molecule is C[C@@H]1CCc2c(sc3ncn(CC(=O)N[C@H](C)CCc4ccccc4)c(=O)c23)C1. The van der Waals surface area contributed by atoms with E-state index >= 15 is 0 Å². The third kappa shape index (κ3) is 4.42. The lowest BCUT2D eigenvalue weighted by molar-refractivity contribution is -0.122. The number of nitrogens with zero attached hydrogens (tertiary/aromatic N) is 2. The molecule has 152 valence electrons. The second-order valence-electron chi connectivity index (χ2n) is 8.20. The van der Waals surface area contributed by atoms with Crippen molar-refractivity contribution in [2.45, 2.75) is 58.5 Å². The van der Waals surface area contributed by atoms with Gasteiger partial charge in [-0.2, -0.15) is 0 Å². The lowest BCUT2D eigenvalue weighted by Crippen LogP contribution is -2.37. The zero-order valence-electron chi connectivity index (χ0n) is 17.0. The molecule has 0 fully saturated rings. The van der Waals surface area contributed by atoms with Crippen LogP contribution >= 0.6 is 11.3 Å². The summed E-state index contributed by atoms with van der Waals surface area (Å²) in [5.74, 6) is 0.507. The van der Waals surface area contributed by atoms with E-state index in [0.29, 0.717) is 5.92 Å². The van der Waals surface area contributed by atoms with Crippen molar-refractivity contribution in [1.29, 1.82) is 0 Å². The first-order valence-electron chi connectivity index (χ1n) is 10.3. The van der Waals surface area contributed by atoms with Crippen LogP contribution < -0.4 is 10.9 Å². The van der Waals surface area contributed by atoms with Gasteiger partial charge in [0.25, 0.3) is 5.56 Å². The van der Waals surface area contributed by atoms with Gasteiger partial charge in [-0.1, -0.05) is 37.3 Å². The van der Waals surface area contributed by atoms with Crippen molar-refractivity contribution in [3.63, 3.8) is 0 Å². The van der Waals surface area contributed by atoms with Crippen molar-refractivity contribution in [3.05, 3.63) is 63.0 Å². The summed E-state index contributed by atoms with van der Waals surface area (Å²) in [4.78, 5) is 32.1. The molecular weight excluding hydrogens is 382 g/mol. The zero-order valence-corrected chi connectivity index (χ0v) is 17.8. The molecule has 1 aliphatic rings. The van der Waals surface area contributed by atoms with Gasteiger partial charge in [-0.05, 0) is 56.1 Å². The molecule has 1 amide bonds. The summed E-state index contributed by atoms with van der Waals surface area (Å²) in [6.07, 6.45) is 6.35. The number of carbonyl (C=O) groups excluding carboxylic acids is 1. The van der Waals surface area contributed by atoms with E-state index in [-0.39, 0.29) is 24.1 Å². The van der Waals surface area contributed by atoms with Crippen molar-refractivity contribution < 1.29 is 4.79 Å². The van der Waals surface area contributed by atoms with E-state index in [0.717, 1.165) is 47.9 Å². The van der Waals surface area contributed by atoms with E-state index in [1.165, 1.54) is 21.3 Å². The van der Waals surface area contributed by atoms with E-state index < -0.39 is 0 Å². The molecule has 2 atom stereocenters. The maximum atomic E-state index is 13.0. The van der Waals surface area contributed by atoms with Crippen molar-refractivity contribution in [1.82, 2.24) is 14.9 Å². The van der Waals surface area contributed by atoms with Crippen LogP contribution in [0.4, 0.5) is 0 Å². The average molecular weight is 410 g/mol. The number of rotatable bonds is 6. The molecule has 4 rings (SSSR count). The monoisotopic (exact) mass is 409 g/mol. The smallest absolute Gasteiger partial charge is 0.262 e. The van der Waals surface area contributed by atoms with E-state index in [1.54, 1.807) is 11.3 Å². The maximum absolute atomic E-state index is 13.0. The highest BCUT2D eigenvalue weighted by molar-refractivity contribution is 7.18. The summed E-state index contributed by atoms with van der Waals surface area (Å²) in [6.45, 7) is 4.27. The summed E-state index contributed by atoms with van der Waals surface area (Å²) >= 11 is 1.64. The molecule has 2 aromatic heterocycles. The molecular formula is C23H27N3O2S. The molecule has 0 spiro atoms. The summed E-state index contributed by atoms with van der Waals surface area (Å²) in [7, 11) is 0. The van der Waals surface area contributed by atoms with Crippen LogP contribution in [0.1, 0.15) is 42.7 Å². The van der Waals surface area contributed by atoms with Crippen LogP contribution in [0.3, 0.4) is 0 Å². The summed E-state index contributed by atoms with van der Waals surface area (Å²) in [5, 5.41) is 3.74. The molecule has 29 heavy (non-hydrogen) atoms. The molecule has 0 aliphatic heterocycles. The molecule has 6 heteroatoms. The van der Waals surface area contributed by atoms with Gasteiger partial charge < -0.3 is 5.32 Å². The van der Waals surface area contributed by atoms with E-state index in [2.05, 4.69) is 29.4 Å². The Labute approximate surface area is 174 Å². The molecule has 1 N–H and O–H groups in total. The minimum atomic E-state index is -0.147. The summed E-state index contributed by atoms with van der Waals surface area (Å²) < 4.78 is 1.45. The van der Waals surface area contributed by atoms with Gasteiger partial charge >= 0.3 is 0 Å². The van der Waals surface area contributed by atoms with Crippen molar-refractivity contribution in [3.8, 4) is 0 Å². The number of aryl methyl sites for hydroxylation is 2. The van der Waals surface area contributed by atoms with Gasteiger partial charge in [0.05, 0.1) is 11.7 Å². The normalized spacial score (nSPS) is 17.1. The Morgan fingerprint density at radius 1 is 1.34 bits per heavy atom. The van der Waals surface area contributed by atoms with Crippen LogP contribution in [0.15, 0.2) is 41.5 Å². The Hall–Kier alpha value is -2.47. The third-order valence-corrected chi connectivity index (χ3v) is 6.87. The number of benzene rings is 1. The standard InChI is InChI=1S/C23H27N3O2S/c1-15-8-11-18-19(12-15)29-22-21(18)23(28)26(14-24-22)13-20(27)25-16(2)9-10-17-6-4-3-5-7-17/h3-7,14-16H,8-13H2,1-2H3,(H,25,27)/t15-,16-/m1/s1. The van der Waals surface area contributed by atoms with Gasteiger partial charge in [-0.15, -0.1) is 11.3 Å². The molecule has 2 heterocycles. The number of hydrogen-bond donors (Lipinski definition) is 1. The number of hydrogen-bond acceptors (Lipinski definition) is 4. The summed E-state index contributed by atoms with van der Waals surface area (Å²) in [6, 6.07) is 10.3. The van der Waals surface area contributed by atoms with Gasteiger partial charge in [-0.25, -0.2) is 4.98 Å². The van der Waals surface area contributed by atoms with Crippen LogP contribution in [0.25, 0.3) is 10.2 Å². The van der Waals surface area contributed by atoms with Crippen LogP contribution in [0.2, 0.25) is 0 Å². The minimum Gasteiger partial charge on any atom is -0.352 e. The Kier molecular flexibility index (Phi) is 5.81. The van der Waals surface area contributed by atoms with Gasteiger partial charge in [0.2, 0.25) is 5.91 Å².